The SMILES string of the molecule is COc1cccc(C(O)CSCC(=O)O)c1. The first-order chi connectivity index (χ1) is 7.63. The van der Waals surface area contributed by atoms with Crippen molar-refractivity contribution in [3.63, 3.8) is 0 Å². The van der Waals surface area contributed by atoms with Gasteiger partial charge in [0, 0.05) is 5.75 Å². The molecule has 16 heavy (non-hydrogen) atoms. The maximum absolute atomic E-state index is 10.3. The summed E-state index contributed by atoms with van der Waals surface area (Å²) in [7, 11) is 1.56. The van der Waals surface area contributed by atoms with E-state index < -0.39 is 12.1 Å². The predicted molar refractivity (Wildman–Crippen MR) is 62.9 cm³/mol. The number of aliphatic hydroxyl groups excluding tert-OH is 1. The van der Waals surface area contributed by atoms with E-state index in [-0.39, 0.29) is 5.75 Å². The number of ether oxygens (including phenoxy) is 1. The van der Waals surface area contributed by atoms with Crippen molar-refractivity contribution in [2.75, 3.05) is 18.6 Å². The highest BCUT2D eigenvalue weighted by Crippen LogP contribution is 2.22. The Hall–Kier alpha value is -1.20. The third-order valence-corrected chi connectivity index (χ3v) is 2.98. The highest BCUT2D eigenvalue weighted by atomic mass is 32.2. The van der Waals surface area contributed by atoms with Gasteiger partial charge in [-0.3, -0.25) is 4.79 Å². The topological polar surface area (TPSA) is 66.8 Å². The summed E-state index contributed by atoms with van der Waals surface area (Å²) in [6.45, 7) is 0. The monoisotopic (exact) mass is 242 g/mol. The Bertz CT molecular complexity index is 354. The van der Waals surface area contributed by atoms with Crippen molar-refractivity contribution in [1.82, 2.24) is 0 Å². The van der Waals surface area contributed by atoms with E-state index >= 15 is 0 Å². The second kappa shape index (κ2) is 6.40. The number of benzene rings is 1. The van der Waals surface area contributed by atoms with Gasteiger partial charge in [0.15, 0.2) is 0 Å². The summed E-state index contributed by atoms with van der Waals surface area (Å²) in [5.74, 6) is 0.170. The van der Waals surface area contributed by atoms with E-state index in [0.29, 0.717) is 11.5 Å². The van der Waals surface area contributed by atoms with Crippen molar-refractivity contribution in [1.29, 1.82) is 0 Å². The third kappa shape index (κ3) is 4.12. The van der Waals surface area contributed by atoms with Crippen LogP contribution in [0.2, 0.25) is 0 Å². The minimum atomic E-state index is -0.872. The summed E-state index contributed by atoms with van der Waals surface area (Å²) >= 11 is 1.19. The van der Waals surface area contributed by atoms with Gasteiger partial charge < -0.3 is 14.9 Å². The molecule has 1 atom stereocenters. The molecule has 0 amide bonds. The zero-order valence-electron chi connectivity index (χ0n) is 8.92. The van der Waals surface area contributed by atoms with Crippen molar-refractivity contribution < 1.29 is 19.7 Å². The zero-order chi connectivity index (χ0) is 12.0. The number of carboxylic acids is 1. The van der Waals surface area contributed by atoms with Gasteiger partial charge in [-0.25, -0.2) is 0 Å². The lowest BCUT2D eigenvalue weighted by atomic mass is 10.1. The fourth-order valence-electron chi connectivity index (χ4n) is 1.20. The maximum atomic E-state index is 10.3. The molecule has 0 aliphatic heterocycles. The quantitative estimate of drug-likeness (QED) is 0.792. The minimum Gasteiger partial charge on any atom is -0.497 e. The first-order valence-corrected chi connectivity index (χ1v) is 5.90. The average Bonchev–Trinajstić information content (AvgIpc) is 2.28. The van der Waals surface area contributed by atoms with Crippen molar-refractivity contribution in [2.45, 2.75) is 6.10 Å². The van der Waals surface area contributed by atoms with Gasteiger partial charge in [-0.1, -0.05) is 12.1 Å². The molecule has 1 aromatic carbocycles. The van der Waals surface area contributed by atoms with Gasteiger partial charge in [0.1, 0.15) is 5.75 Å². The molecule has 1 aromatic rings. The molecule has 5 heteroatoms. The molecule has 0 radical (unpaired) electrons. The molecule has 0 bridgehead atoms. The normalized spacial score (nSPS) is 12.1. The van der Waals surface area contributed by atoms with Crippen LogP contribution in [0.5, 0.6) is 5.75 Å². The zero-order valence-corrected chi connectivity index (χ0v) is 9.74. The summed E-state index contributed by atoms with van der Waals surface area (Å²) in [5.41, 5.74) is 0.734. The predicted octanol–water partition coefficient (Wildman–Crippen LogP) is 1.55. The molecular formula is C11H14O4S. The molecular weight excluding hydrogens is 228 g/mol. The van der Waals surface area contributed by atoms with E-state index in [1.165, 1.54) is 11.8 Å². The largest absolute Gasteiger partial charge is 0.497 e. The van der Waals surface area contributed by atoms with Crippen LogP contribution in [0.1, 0.15) is 11.7 Å². The van der Waals surface area contributed by atoms with Gasteiger partial charge in [-0.15, -0.1) is 11.8 Å². The fourth-order valence-corrected chi connectivity index (χ4v) is 1.91. The molecule has 4 nitrogen and oxygen atoms in total. The molecule has 0 heterocycles. The van der Waals surface area contributed by atoms with Crippen LogP contribution in [-0.2, 0) is 4.79 Å². The number of carbonyl (C=O) groups is 1. The summed E-state index contributed by atoms with van der Waals surface area (Å²) in [4.78, 5) is 10.3. The van der Waals surface area contributed by atoms with E-state index in [1.807, 2.05) is 0 Å². The Morgan fingerprint density at radius 3 is 2.94 bits per heavy atom. The van der Waals surface area contributed by atoms with E-state index in [9.17, 15) is 9.90 Å². The summed E-state index contributed by atoms with van der Waals surface area (Å²) < 4.78 is 5.04. The molecule has 1 unspecified atom stereocenters. The number of methoxy groups -OCH3 is 1. The first-order valence-electron chi connectivity index (χ1n) is 4.75. The van der Waals surface area contributed by atoms with Gasteiger partial charge in [-0.05, 0) is 17.7 Å². The van der Waals surface area contributed by atoms with Crippen LogP contribution in [0.3, 0.4) is 0 Å². The lowest BCUT2D eigenvalue weighted by molar-refractivity contribution is -0.133. The van der Waals surface area contributed by atoms with Crippen LogP contribution in [0.25, 0.3) is 0 Å². The summed E-state index contributed by atoms with van der Waals surface area (Å²) in [6, 6.07) is 7.11. The highest BCUT2D eigenvalue weighted by molar-refractivity contribution is 7.99. The Kier molecular flexibility index (Phi) is 5.14. The van der Waals surface area contributed by atoms with E-state index in [4.69, 9.17) is 9.84 Å². The standard InChI is InChI=1S/C11H14O4S/c1-15-9-4-2-3-8(5-9)10(12)6-16-7-11(13)14/h2-5,10,12H,6-7H2,1H3,(H,13,14). The second-order valence-corrected chi connectivity index (χ2v) is 4.23. The number of rotatable bonds is 6. The maximum Gasteiger partial charge on any atom is 0.313 e. The second-order valence-electron chi connectivity index (χ2n) is 3.20. The van der Waals surface area contributed by atoms with Gasteiger partial charge in [-0.2, -0.15) is 0 Å². The van der Waals surface area contributed by atoms with Gasteiger partial charge in [0.05, 0.1) is 19.0 Å². The number of thioether (sulfide) groups is 1. The van der Waals surface area contributed by atoms with Crippen LogP contribution in [-0.4, -0.2) is 34.8 Å². The molecule has 0 aliphatic carbocycles. The smallest absolute Gasteiger partial charge is 0.313 e. The fraction of sp³-hybridized carbons (Fsp3) is 0.364. The van der Waals surface area contributed by atoms with Crippen LogP contribution in [0.15, 0.2) is 24.3 Å². The number of carboxylic acid groups (broad SMARTS) is 1. The summed E-state index contributed by atoms with van der Waals surface area (Å²) in [5, 5.41) is 18.2. The van der Waals surface area contributed by atoms with Crippen molar-refractivity contribution in [3.8, 4) is 5.75 Å². The third-order valence-electron chi connectivity index (χ3n) is 1.98. The van der Waals surface area contributed by atoms with Crippen LogP contribution in [0, 0.1) is 0 Å². The molecule has 0 aliphatic rings. The minimum absolute atomic E-state index is 0.00102. The molecule has 0 spiro atoms. The van der Waals surface area contributed by atoms with Gasteiger partial charge in [0.25, 0.3) is 0 Å². The van der Waals surface area contributed by atoms with Gasteiger partial charge >= 0.3 is 5.97 Å². The number of aliphatic hydroxyl groups is 1. The van der Waals surface area contributed by atoms with Crippen LogP contribution in [0.4, 0.5) is 0 Å². The molecule has 2 N–H and O–H groups in total. The lowest BCUT2D eigenvalue weighted by Gasteiger charge is -2.11. The number of aliphatic carboxylic acids is 1. The molecule has 0 fully saturated rings. The number of hydrogen-bond donors (Lipinski definition) is 2. The Balaban J connectivity index is 2.51. The molecule has 0 saturated carbocycles. The van der Waals surface area contributed by atoms with Crippen molar-refractivity contribution >= 4 is 17.7 Å². The van der Waals surface area contributed by atoms with Gasteiger partial charge in [0.2, 0.25) is 0 Å². The Morgan fingerprint density at radius 1 is 1.56 bits per heavy atom. The molecule has 0 aromatic heterocycles. The average molecular weight is 242 g/mol. The van der Waals surface area contributed by atoms with E-state index in [1.54, 1.807) is 31.4 Å². The van der Waals surface area contributed by atoms with E-state index in [0.717, 1.165) is 5.56 Å². The van der Waals surface area contributed by atoms with Crippen LogP contribution < -0.4 is 4.74 Å². The summed E-state index contributed by atoms with van der Waals surface area (Å²) in [6.07, 6.45) is -0.667. The molecule has 88 valence electrons. The Morgan fingerprint density at radius 2 is 2.31 bits per heavy atom. The first kappa shape index (κ1) is 12.9. The lowest BCUT2D eigenvalue weighted by Crippen LogP contribution is -2.05. The highest BCUT2D eigenvalue weighted by Gasteiger charge is 2.09. The number of hydrogen-bond acceptors (Lipinski definition) is 4. The molecule has 1 rings (SSSR count). The van der Waals surface area contributed by atoms with E-state index in [2.05, 4.69) is 0 Å². The van der Waals surface area contributed by atoms with Crippen molar-refractivity contribution in [3.05, 3.63) is 29.8 Å². The van der Waals surface area contributed by atoms with Crippen molar-refractivity contribution in [2.24, 2.45) is 0 Å². The Labute approximate surface area is 98.2 Å². The molecule has 0 saturated heterocycles. The van der Waals surface area contributed by atoms with Crippen LogP contribution >= 0.6 is 11.8 Å².